The van der Waals surface area contributed by atoms with Crippen molar-refractivity contribution in [1.82, 2.24) is 10.5 Å². The zero-order chi connectivity index (χ0) is 5.82. The van der Waals surface area contributed by atoms with Crippen molar-refractivity contribution < 1.29 is 0 Å². The minimum atomic E-state index is 1.28. The van der Waals surface area contributed by atoms with E-state index >= 15 is 0 Å². The molecule has 0 aliphatic carbocycles. The first-order valence-corrected chi connectivity index (χ1v) is 2.15. The molecule has 0 radical (unpaired) electrons. The van der Waals surface area contributed by atoms with E-state index in [1.165, 1.54) is 5.12 Å². The van der Waals surface area contributed by atoms with Gasteiger partial charge in [0, 0.05) is 6.20 Å². The first-order chi connectivity index (χ1) is 3.93. The molecule has 40 valence electrons. The van der Waals surface area contributed by atoms with Crippen LogP contribution in [-0.4, -0.2) is 11.3 Å². The molecule has 0 saturated carbocycles. The monoisotopic (exact) mass is 107 g/mol. The van der Waals surface area contributed by atoms with Gasteiger partial charge in [0.05, 0.1) is 12.3 Å². The van der Waals surface area contributed by atoms with Gasteiger partial charge in [0.1, 0.15) is 0 Å². The van der Waals surface area contributed by atoms with Crippen LogP contribution in [0.25, 0.3) is 0 Å². The van der Waals surface area contributed by atoms with Crippen molar-refractivity contribution >= 4 is 6.21 Å². The molecule has 0 bridgehead atoms. The molecular weight excluding hydrogens is 102 g/mol. The fourth-order valence-electron chi connectivity index (χ4n) is 0.366. The molecule has 1 N–H and O–H groups in total. The van der Waals surface area contributed by atoms with Gasteiger partial charge in [-0.05, 0) is 6.08 Å². The van der Waals surface area contributed by atoms with E-state index in [1.54, 1.807) is 18.5 Å². The SMILES string of the molecule is C#CN1N=CC=CN1. The average Bonchev–Trinajstić information content (AvgIpc) is 1.90. The second-order valence-electron chi connectivity index (χ2n) is 1.19. The fourth-order valence-corrected chi connectivity index (χ4v) is 0.366. The highest BCUT2D eigenvalue weighted by Gasteiger charge is 1.89. The molecule has 0 aromatic carbocycles. The summed E-state index contributed by atoms with van der Waals surface area (Å²) < 4.78 is 0. The highest BCUT2D eigenvalue weighted by molar-refractivity contribution is 5.71. The van der Waals surface area contributed by atoms with Gasteiger partial charge in [-0.3, -0.25) is 5.43 Å². The third-order valence-corrected chi connectivity index (χ3v) is 0.684. The number of hydrazone groups is 1. The number of hydrogen-bond acceptors (Lipinski definition) is 3. The van der Waals surface area contributed by atoms with Crippen molar-refractivity contribution in [2.24, 2.45) is 5.10 Å². The zero-order valence-corrected chi connectivity index (χ0v) is 4.20. The maximum Gasteiger partial charge on any atom is 0.0517 e. The van der Waals surface area contributed by atoms with Gasteiger partial charge in [-0.2, -0.15) is 5.10 Å². The molecule has 0 aromatic rings. The van der Waals surface area contributed by atoms with Crippen molar-refractivity contribution in [1.29, 1.82) is 0 Å². The second-order valence-corrected chi connectivity index (χ2v) is 1.19. The summed E-state index contributed by atoms with van der Waals surface area (Å²) in [5, 5.41) is 5.00. The summed E-state index contributed by atoms with van der Waals surface area (Å²) >= 11 is 0. The van der Waals surface area contributed by atoms with Crippen LogP contribution in [-0.2, 0) is 0 Å². The third-order valence-electron chi connectivity index (χ3n) is 0.684. The number of terminal acetylenes is 1. The molecule has 1 aliphatic heterocycles. The molecule has 0 atom stereocenters. The number of allylic oxidation sites excluding steroid dienone is 1. The lowest BCUT2D eigenvalue weighted by molar-refractivity contribution is 0.356. The molecular formula is C5H5N3. The highest BCUT2D eigenvalue weighted by Crippen LogP contribution is 1.83. The van der Waals surface area contributed by atoms with Gasteiger partial charge in [-0.25, -0.2) is 0 Å². The van der Waals surface area contributed by atoms with Crippen LogP contribution in [0.3, 0.4) is 0 Å². The maximum atomic E-state index is 4.97. The van der Waals surface area contributed by atoms with E-state index < -0.39 is 0 Å². The van der Waals surface area contributed by atoms with Crippen LogP contribution in [0.1, 0.15) is 0 Å². The Balaban J connectivity index is 2.55. The van der Waals surface area contributed by atoms with E-state index in [1.807, 2.05) is 0 Å². The molecule has 0 saturated heterocycles. The Hall–Kier alpha value is -1.43. The summed E-state index contributed by atoms with van der Waals surface area (Å²) in [7, 11) is 0. The van der Waals surface area contributed by atoms with Crippen molar-refractivity contribution in [2.45, 2.75) is 0 Å². The van der Waals surface area contributed by atoms with Crippen LogP contribution in [0.15, 0.2) is 17.4 Å². The smallest absolute Gasteiger partial charge is 0.0517 e. The highest BCUT2D eigenvalue weighted by atomic mass is 15.7. The summed E-state index contributed by atoms with van der Waals surface area (Å²) in [5.41, 5.74) is 2.69. The second kappa shape index (κ2) is 2.03. The molecule has 0 unspecified atom stereocenters. The Morgan fingerprint density at radius 1 is 1.75 bits per heavy atom. The van der Waals surface area contributed by atoms with Crippen molar-refractivity contribution in [2.75, 3.05) is 0 Å². The van der Waals surface area contributed by atoms with Gasteiger partial charge in [-0.1, -0.05) is 6.42 Å². The molecule has 0 fully saturated rings. The lowest BCUT2D eigenvalue weighted by Crippen LogP contribution is -2.25. The van der Waals surface area contributed by atoms with Gasteiger partial charge >= 0.3 is 0 Å². The molecule has 1 rings (SSSR count). The van der Waals surface area contributed by atoms with Crippen molar-refractivity contribution in [3.63, 3.8) is 0 Å². The van der Waals surface area contributed by atoms with E-state index in [-0.39, 0.29) is 0 Å². The van der Waals surface area contributed by atoms with Crippen LogP contribution in [0, 0.1) is 12.5 Å². The summed E-state index contributed by atoms with van der Waals surface area (Å²) in [5.74, 6) is 0. The lowest BCUT2D eigenvalue weighted by atomic mass is 10.6. The Kier molecular flexibility index (Phi) is 1.20. The van der Waals surface area contributed by atoms with Gasteiger partial charge in [-0.15, -0.1) is 5.12 Å². The summed E-state index contributed by atoms with van der Waals surface area (Å²) in [4.78, 5) is 0. The Morgan fingerprint density at radius 2 is 2.62 bits per heavy atom. The summed E-state index contributed by atoms with van der Waals surface area (Å²) in [6.45, 7) is 0. The molecule has 0 aromatic heterocycles. The van der Waals surface area contributed by atoms with E-state index in [0.29, 0.717) is 0 Å². The van der Waals surface area contributed by atoms with Gasteiger partial charge < -0.3 is 0 Å². The standard InChI is InChI=1S/C5H5N3/c1-2-8-6-4-3-5-7-8/h1,3-6H. The average molecular weight is 107 g/mol. The number of nitrogens with one attached hydrogen (secondary N) is 1. The molecule has 8 heavy (non-hydrogen) atoms. The third kappa shape index (κ3) is 0.793. The number of nitrogens with zero attached hydrogens (tertiary/aromatic N) is 2. The number of rotatable bonds is 0. The predicted molar refractivity (Wildman–Crippen MR) is 31.4 cm³/mol. The molecule has 1 heterocycles. The Labute approximate surface area is 47.6 Å². The molecule has 3 heteroatoms. The lowest BCUT2D eigenvalue weighted by Gasteiger charge is -2.10. The largest absolute Gasteiger partial charge is 0.278 e. The van der Waals surface area contributed by atoms with E-state index in [2.05, 4.69) is 16.6 Å². The topological polar surface area (TPSA) is 27.6 Å². The fraction of sp³-hybridized carbons (Fsp3) is 0. The summed E-state index contributed by atoms with van der Waals surface area (Å²) in [6.07, 6.45) is 10.0. The van der Waals surface area contributed by atoms with E-state index in [4.69, 9.17) is 6.42 Å². The zero-order valence-electron chi connectivity index (χ0n) is 4.20. The predicted octanol–water partition coefficient (Wildman–Crippen LogP) is -0.103. The maximum absolute atomic E-state index is 4.97. The molecule has 3 nitrogen and oxygen atoms in total. The minimum absolute atomic E-state index is 1.28. The van der Waals surface area contributed by atoms with E-state index in [0.717, 1.165) is 0 Å². The van der Waals surface area contributed by atoms with Crippen LogP contribution in [0.5, 0.6) is 0 Å². The quantitative estimate of drug-likeness (QED) is 0.437. The first-order valence-electron chi connectivity index (χ1n) is 2.15. The number of hydrazine groups is 1. The Morgan fingerprint density at radius 3 is 3.00 bits per heavy atom. The molecule has 0 amide bonds. The van der Waals surface area contributed by atoms with Crippen LogP contribution in [0.2, 0.25) is 0 Å². The first kappa shape index (κ1) is 4.72. The summed E-state index contributed by atoms with van der Waals surface area (Å²) in [6, 6.07) is 2.28. The van der Waals surface area contributed by atoms with Gasteiger partial charge in [0.15, 0.2) is 0 Å². The van der Waals surface area contributed by atoms with Crippen LogP contribution >= 0.6 is 0 Å². The Bertz CT molecular complexity index is 163. The molecule has 1 aliphatic rings. The van der Waals surface area contributed by atoms with Crippen LogP contribution < -0.4 is 5.43 Å². The van der Waals surface area contributed by atoms with Crippen molar-refractivity contribution in [3.05, 3.63) is 12.3 Å². The van der Waals surface area contributed by atoms with Crippen molar-refractivity contribution in [3.8, 4) is 12.5 Å². The van der Waals surface area contributed by atoms with E-state index in [9.17, 15) is 0 Å². The number of hydrogen-bond donors (Lipinski definition) is 1. The minimum Gasteiger partial charge on any atom is -0.278 e. The van der Waals surface area contributed by atoms with Gasteiger partial charge in [0.2, 0.25) is 0 Å². The molecule has 0 spiro atoms. The normalized spacial score (nSPS) is 15.1. The van der Waals surface area contributed by atoms with Crippen LogP contribution in [0.4, 0.5) is 0 Å². The van der Waals surface area contributed by atoms with Gasteiger partial charge in [0.25, 0.3) is 0 Å².